The lowest BCUT2D eigenvalue weighted by Crippen LogP contribution is -2.31. The second-order valence-electron chi connectivity index (χ2n) is 8.91. The minimum atomic E-state index is -0.592. The third-order valence-corrected chi connectivity index (χ3v) is 7.85. The van der Waals surface area contributed by atoms with E-state index in [4.69, 9.17) is 14.8 Å². The number of carbonyl (C=O) groups excluding carboxylic acids is 1. The van der Waals surface area contributed by atoms with Crippen molar-refractivity contribution in [3.63, 3.8) is 0 Å². The minimum Gasteiger partial charge on any atom is -0.503 e. The summed E-state index contributed by atoms with van der Waals surface area (Å²) in [4.78, 5) is 18.5. The van der Waals surface area contributed by atoms with Gasteiger partial charge in [-0.1, -0.05) is 37.2 Å². The first-order chi connectivity index (χ1) is 17.7. The molecule has 1 atom stereocenters. The first-order valence-corrected chi connectivity index (χ1v) is 14.1. The number of carbonyl (C=O) groups is 1. The highest BCUT2D eigenvalue weighted by Crippen LogP contribution is 2.43. The topological polar surface area (TPSA) is 101 Å². The van der Waals surface area contributed by atoms with Crippen LogP contribution in [-0.2, 0) is 4.79 Å². The molecule has 3 aromatic rings. The van der Waals surface area contributed by atoms with E-state index in [0.29, 0.717) is 39.2 Å². The number of rotatable bonds is 9. The lowest BCUT2D eigenvalue weighted by atomic mass is 9.94. The van der Waals surface area contributed by atoms with E-state index in [1.54, 1.807) is 28.6 Å². The third-order valence-electron chi connectivity index (χ3n) is 6.33. The molecule has 0 saturated heterocycles. The molecule has 0 spiro atoms. The summed E-state index contributed by atoms with van der Waals surface area (Å²) in [6, 6.07) is 8.80. The Morgan fingerprint density at radius 2 is 2.05 bits per heavy atom. The standard InChI is InChI=1S/C27H32BrN5O3S/c1-6-8-12-37-27-31-26-29-17(5)22(25(35)30-20-11-9-10-15(3)16(20)4)23(33(26)32-27)18-13-19(28)24(34)21(14-18)36-7-2/h9-11,13-14,23,34H,6-8,12H2,1-5H3,(H,30,35)(H,29,31,32). The lowest BCUT2D eigenvalue weighted by Gasteiger charge is -2.29. The van der Waals surface area contributed by atoms with Gasteiger partial charge in [0.1, 0.15) is 6.04 Å². The number of phenolic OH excluding ortho intramolecular Hbond substituents is 1. The smallest absolute Gasteiger partial charge is 0.255 e. The van der Waals surface area contributed by atoms with Crippen LogP contribution in [0.25, 0.3) is 0 Å². The molecule has 1 amide bonds. The Morgan fingerprint density at radius 1 is 1.27 bits per heavy atom. The van der Waals surface area contributed by atoms with Gasteiger partial charge in [-0.2, -0.15) is 4.98 Å². The zero-order chi connectivity index (χ0) is 26.7. The van der Waals surface area contributed by atoms with Crippen molar-refractivity contribution in [2.24, 2.45) is 0 Å². The number of benzene rings is 2. The Kier molecular flexibility index (Phi) is 8.49. The number of aryl methyl sites for hydroxylation is 1. The molecule has 0 saturated carbocycles. The maximum Gasteiger partial charge on any atom is 0.255 e. The van der Waals surface area contributed by atoms with Crippen LogP contribution in [0.5, 0.6) is 11.5 Å². The summed E-state index contributed by atoms with van der Waals surface area (Å²) in [6.07, 6.45) is 2.15. The van der Waals surface area contributed by atoms with Crippen molar-refractivity contribution < 1.29 is 14.6 Å². The van der Waals surface area contributed by atoms with E-state index >= 15 is 0 Å². The summed E-state index contributed by atoms with van der Waals surface area (Å²) < 4.78 is 7.91. The zero-order valence-corrected chi connectivity index (χ0v) is 24.1. The zero-order valence-electron chi connectivity index (χ0n) is 21.7. The van der Waals surface area contributed by atoms with Crippen LogP contribution < -0.4 is 15.4 Å². The van der Waals surface area contributed by atoms with Crippen LogP contribution in [0.3, 0.4) is 0 Å². The van der Waals surface area contributed by atoms with Crippen molar-refractivity contribution in [1.82, 2.24) is 14.8 Å². The van der Waals surface area contributed by atoms with Gasteiger partial charge in [0.05, 0.1) is 16.7 Å². The molecule has 37 heavy (non-hydrogen) atoms. The monoisotopic (exact) mass is 585 g/mol. The average molecular weight is 587 g/mol. The number of fused-ring (bicyclic) bond motifs is 1. The summed E-state index contributed by atoms with van der Waals surface area (Å²) in [7, 11) is 0. The number of ether oxygens (including phenoxy) is 1. The predicted octanol–water partition coefficient (Wildman–Crippen LogP) is 6.58. The number of hydrogen-bond donors (Lipinski definition) is 3. The third kappa shape index (κ3) is 5.65. The SMILES string of the molecule is CCCCSc1nc2n(n1)C(c1cc(Br)c(O)c(OCC)c1)C(C(=O)Nc1cccc(C)c1C)=C(C)N2. The van der Waals surface area contributed by atoms with Gasteiger partial charge in [-0.25, -0.2) is 4.68 Å². The van der Waals surface area contributed by atoms with E-state index < -0.39 is 6.04 Å². The summed E-state index contributed by atoms with van der Waals surface area (Å²) in [5.74, 6) is 1.57. The van der Waals surface area contributed by atoms with Crippen LogP contribution >= 0.6 is 27.7 Å². The second kappa shape index (κ2) is 11.6. The molecule has 8 nitrogen and oxygen atoms in total. The predicted molar refractivity (Wildman–Crippen MR) is 152 cm³/mol. The van der Waals surface area contributed by atoms with Crippen LogP contribution in [-0.4, -0.2) is 38.1 Å². The molecular weight excluding hydrogens is 554 g/mol. The number of unbranched alkanes of at least 4 members (excludes halogenated alkanes) is 1. The number of nitrogens with zero attached hydrogens (tertiary/aromatic N) is 3. The van der Waals surface area contributed by atoms with Crippen LogP contribution in [0.15, 0.2) is 51.2 Å². The average Bonchev–Trinajstić information content (AvgIpc) is 3.26. The molecule has 1 aliphatic rings. The number of amides is 1. The first-order valence-electron chi connectivity index (χ1n) is 12.3. The molecule has 10 heteroatoms. The highest BCUT2D eigenvalue weighted by atomic mass is 79.9. The summed E-state index contributed by atoms with van der Waals surface area (Å²) in [5.41, 5.74) is 4.78. The van der Waals surface area contributed by atoms with Crippen LogP contribution in [0.1, 0.15) is 56.3 Å². The number of thioether (sulfide) groups is 1. The molecule has 2 heterocycles. The number of halogens is 1. The van der Waals surface area contributed by atoms with Gasteiger partial charge < -0.3 is 20.5 Å². The first kappa shape index (κ1) is 27.1. The number of nitrogens with one attached hydrogen (secondary N) is 2. The molecule has 0 radical (unpaired) electrons. The quantitative estimate of drug-likeness (QED) is 0.192. The van der Waals surface area contributed by atoms with Gasteiger partial charge in [-0.15, -0.1) is 5.10 Å². The van der Waals surface area contributed by atoms with Gasteiger partial charge in [0.25, 0.3) is 5.91 Å². The highest BCUT2D eigenvalue weighted by Gasteiger charge is 2.35. The van der Waals surface area contributed by atoms with E-state index in [0.717, 1.165) is 41.0 Å². The van der Waals surface area contributed by atoms with Gasteiger partial charge in [0.2, 0.25) is 11.1 Å². The fourth-order valence-corrected chi connectivity index (χ4v) is 5.57. The van der Waals surface area contributed by atoms with Crippen molar-refractivity contribution >= 4 is 45.2 Å². The number of aromatic hydroxyl groups is 1. The van der Waals surface area contributed by atoms with E-state index in [9.17, 15) is 9.90 Å². The molecule has 1 aliphatic heterocycles. The molecule has 196 valence electrons. The van der Waals surface area contributed by atoms with Gasteiger partial charge in [0, 0.05) is 17.1 Å². The number of anilines is 2. The molecular formula is C27H32BrN5O3S. The van der Waals surface area contributed by atoms with Crippen molar-refractivity contribution in [2.75, 3.05) is 23.0 Å². The summed E-state index contributed by atoms with van der Waals surface area (Å²) in [5, 5.41) is 22.4. The van der Waals surface area contributed by atoms with Gasteiger partial charge in [0.15, 0.2) is 11.5 Å². The second-order valence-corrected chi connectivity index (χ2v) is 10.8. The number of hydrogen-bond acceptors (Lipinski definition) is 7. The normalized spacial score (nSPS) is 14.8. The Labute approximate surface area is 230 Å². The van der Waals surface area contributed by atoms with Crippen molar-refractivity contribution in [3.8, 4) is 11.5 Å². The molecule has 0 fully saturated rings. The van der Waals surface area contributed by atoms with E-state index in [1.807, 2.05) is 45.9 Å². The number of phenols is 1. The van der Waals surface area contributed by atoms with E-state index in [-0.39, 0.29) is 11.7 Å². The maximum atomic E-state index is 13.8. The fraction of sp³-hybridized carbons (Fsp3) is 0.370. The largest absolute Gasteiger partial charge is 0.503 e. The molecule has 3 N–H and O–H groups in total. The van der Waals surface area contributed by atoms with Crippen LogP contribution in [0.4, 0.5) is 11.6 Å². The molecule has 1 unspecified atom stereocenters. The van der Waals surface area contributed by atoms with Crippen LogP contribution in [0.2, 0.25) is 0 Å². The highest BCUT2D eigenvalue weighted by molar-refractivity contribution is 9.10. The summed E-state index contributed by atoms with van der Waals surface area (Å²) >= 11 is 5.05. The Bertz CT molecular complexity index is 1350. The molecule has 0 bridgehead atoms. The van der Waals surface area contributed by atoms with Crippen molar-refractivity contribution in [1.29, 1.82) is 0 Å². The Hall–Kier alpha value is -2.98. The maximum absolute atomic E-state index is 13.8. The summed E-state index contributed by atoms with van der Waals surface area (Å²) in [6.45, 7) is 10.3. The van der Waals surface area contributed by atoms with Gasteiger partial charge in [-0.05, 0) is 84.9 Å². The van der Waals surface area contributed by atoms with Gasteiger partial charge in [-0.3, -0.25) is 4.79 Å². The Morgan fingerprint density at radius 3 is 2.78 bits per heavy atom. The van der Waals surface area contributed by atoms with E-state index in [2.05, 4.69) is 33.5 Å². The molecule has 0 aliphatic carbocycles. The fourth-order valence-electron chi connectivity index (χ4n) is 4.20. The Balaban J connectivity index is 1.81. The molecule has 4 rings (SSSR count). The number of allylic oxidation sites excluding steroid dienone is 1. The van der Waals surface area contributed by atoms with Crippen molar-refractivity contribution in [3.05, 3.63) is 62.8 Å². The van der Waals surface area contributed by atoms with E-state index in [1.165, 1.54) is 0 Å². The van der Waals surface area contributed by atoms with Crippen molar-refractivity contribution in [2.45, 2.75) is 58.7 Å². The molecule has 1 aromatic heterocycles. The number of aromatic nitrogens is 3. The molecule has 2 aromatic carbocycles. The minimum absolute atomic E-state index is 0.0104. The lowest BCUT2D eigenvalue weighted by molar-refractivity contribution is -0.113. The van der Waals surface area contributed by atoms with Gasteiger partial charge >= 0.3 is 0 Å². The van der Waals surface area contributed by atoms with Crippen LogP contribution in [0, 0.1) is 13.8 Å².